The van der Waals surface area contributed by atoms with E-state index in [1.807, 2.05) is 38.1 Å². The molecular weight excluding hydrogens is 318 g/mol. The fourth-order valence-electron chi connectivity index (χ4n) is 1.93. The maximum absolute atomic E-state index is 12.4. The highest BCUT2D eigenvalue weighted by molar-refractivity contribution is 9.10. The van der Waals surface area contributed by atoms with Crippen molar-refractivity contribution in [2.24, 2.45) is 0 Å². The van der Waals surface area contributed by atoms with Crippen LogP contribution in [0, 0.1) is 13.8 Å². The fourth-order valence-corrected chi connectivity index (χ4v) is 2.27. The highest BCUT2D eigenvalue weighted by Gasteiger charge is 2.13. The minimum atomic E-state index is -0.178. The third-order valence-electron chi connectivity index (χ3n) is 3.26. The van der Waals surface area contributed by atoms with Gasteiger partial charge in [-0.2, -0.15) is 0 Å². The van der Waals surface area contributed by atoms with Crippen LogP contribution in [0.4, 0.5) is 5.69 Å². The van der Waals surface area contributed by atoms with Crippen LogP contribution in [0.2, 0.25) is 0 Å². The molecule has 2 rings (SSSR count). The second-order valence-electron chi connectivity index (χ2n) is 4.55. The van der Waals surface area contributed by atoms with Gasteiger partial charge in [0.1, 0.15) is 5.75 Å². The van der Waals surface area contributed by atoms with Crippen molar-refractivity contribution in [2.75, 3.05) is 12.4 Å². The lowest BCUT2D eigenvalue weighted by molar-refractivity contribution is 0.102. The molecule has 0 saturated carbocycles. The molecule has 104 valence electrons. The summed E-state index contributed by atoms with van der Waals surface area (Å²) in [4.78, 5) is 12.4. The first-order valence-electron chi connectivity index (χ1n) is 6.24. The summed E-state index contributed by atoms with van der Waals surface area (Å²) in [5.74, 6) is 0.366. The van der Waals surface area contributed by atoms with E-state index in [1.54, 1.807) is 19.2 Å². The summed E-state index contributed by atoms with van der Waals surface area (Å²) in [5, 5.41) is 2.93. The van der Waals surface area contributed by atoms with Crippen LogP contribution >= 0.6 is 15.9 Å². The number of rotatable bonds is 3. The summed E-state index contributed by atoms with van der Waals surface area (Å²) in [6, 6.07) is 11.2. The number of carbonyl (C=O) groups is 1. The second-order valence-corrected chi connectivity index (χ2v) is 5.46. The lowest BCUT2D eigenvalue weighted by Crippen LogP contribution is -2.14. The van der Waals surface area contributed by atoms with Crippen LogP contribution < -0.4 is 10.1 Å². The van der Waals surface area contributed by atoms with Gasteiger partial charge in [0.2, 0.25) is 0 Å². The summed E-state index contributed by atoms with van der Waals surface area (Å²) in [6.45, 7) is 4.01. The van der Waals surface area contributed by atoms with Gasteiger partial charge in [-0.05, 0) is 49.2 Å². The molecule has 20 heavy (non-hydrogen) atoms. The van der Waals surface area contributed by atoms with Gasteiger partial charge in [-0.3, -0.25) is 4.79 Å². The predicted octanol–water partition coefficient (Wildman–Crippen LogP) is 4.33. The Balaban J connectivity index is 2.31. The Morgan fingerprint density at radius 1 is 1.20 bits per heavy atom. The molecule has 0 unspecified atom stereocenters. The van der Waals surface area contributed by atoms with E-state index in [2.05, 4.69) is 21.2 Å². The van der Waals surface area contributed by atoms with Crippen molar-refractivity contribution in [3.05, 3.63) is 57.6 Å². The van der Waals surface area contributed by atoms with E-state index in [-0.39, 0.29) is 5.91 Å². The zero-order valence-electron chi connectivity index (χ0n) is 11.7. The molecule has 2 aromatic carbocycles. The molecule has 0 fully saturated rings. The van der Waals surface area contributed by atoms with E-state index >= 15 is 0 Å². The number of methoxy groups -OCH3 is 1. The van der Waals surface area contributed by atoms with Crippen molar-refractivity contribution < 1.29 is 9.53 Å². The van der Waals surface area contributed by atoms with Crippen LogP contribution in [0.25, 0.3) is 0 Å². The Kier molecular flexibility index (Phi) is 4.45. The molecule has 1 N–H and O–H groups in total. The molecule has 0 atom stereocenters. The van der Waals surface area contributed by atoms with Crippen LogP contribution in [-0.2, 0) is 0 Å². The topological polar surface area (TPSA) is 38.3 Å². The van der Waals surface area contributed by atoms with Crippen molar-refractivity contribution in [2.45, 2.75) is 13.8 Å². The molecule has 2 aromatic rings. The molecule has 0 aliphatic rings. The summed E-state index contributed by atoms with van der Waals surface area (Å²) >= 11 is 3.36. The Hall–Kier alpha value is -1.81. The van der Waals surface area contributed by atoms with Gasteiger partial charge in [-0.15, -0.1) is 0 Å². The Labute approximate surface area is 127 Å². The number of benzene rings is 2. The molecule has 0 aliphatic heterocycles. The molecule has 0 radical (unpaired) electrons. The smallest absolute Gasteiger partial charge is 0.259 e. The number of hydrogen-bond donors (Lipinski definition) is 1. The van der Waals surface area contributed by atoms with Crippen LogP contribution in [0.5, 0.6) is 5.75 Å². The normalized spacial score (nSPS) is 10.2. The molecule has 0 aliphatic carbocycles. The first-order chi connectivity index (χ1) is 9.52. The lowest BCUT2D eigenvalue weighted by Gasteiger charge is -2.12. The molecule has 3 nitrogen and oxygen atoms in total. The number of halogens is 1. The number of nitrogens with one attached hydrogen (secondary N) is 1. The maximum Gasteiger partial charge on any atom is 0.259 e. The maximum atomic E-state index is 12.4. The van der Waals surface area contributed by atoms with Crippen LogP contribution in [0.15, 0.2) is 40.9 Å². The van der Waals surface area contributed by atoms with Crippen molar-refractivity contribution in [3.63, 3.8) is 0 Å². The molecule has 0 aromatic heterocycles. The van der Waals surface area contributed by atoms with E-state index in [9.17, 15) is 4.79 Å². The van der Waals surface area contributed by atoms with Crippen molar-refractivity contribution in [3.8, 4) is 5.75 Å². The monoisotopic (exact) mass is 333 g/mol. The van der Waals surface area contributed by atoms with Gasteiger partial charge in [-0.25, -0.2) is 0 Å². The summed E-state index contributed by atoms with van der Waals surface area (Å²) in [7, 11) is 1.55. The van der Waals surface area contributed by atoms with Gasteiger partial charge in [0.05, 0.1) is 12.7 Å². The van der Waals surface area contributed by atoms with E-state index in [4.69, 9.17) is 4.74 Å². The number of amides is 1. The van der Waals surface area contributed by atoms with Gasteiger partial charge in [-0.1, -0.05) is 28.1 Å². The third-order valence-corrected chi connectivity index (χ3v) is 3.75. The predicted molar refractivity (Wildman–Crippen MR) is 84.6 cm³/mol. The van der Waals surface area contributed by atoms with E-state index in [1.165, 1.54) is 0 Å². The van der Waals surface area contributed by atoms with E-state index < -0.39 is 0 Å². The molecular formula is C16H16BrNO2. The van der Waals surface area contributed by atoms with Crippen molar-refractivity contribution >= 4 is 27.5 Å². The molecule has 1 amide bonds. The summed E-state index contributed by atoms with van der Waals surface area (Å²) in [5.41, 5.74) is 3.54. The Bertz CT molecular complexity index is 653. The number of hydrogen-bond acceptors (Lipinski definition) is 2. The van der Waals surface area contributed by atoms with E-state index in [0.29, 0.717) is 11.3 Å². The molecule has 0 heterocycles. The number of carbonyl (C=O) groups excluding carboxylic acids is 1. The molecule has 0 spiro atoms. The highest BCUT2D eigenvalue weighted by Crippen LogP contribution is 2.25. The first kappa shape index (κ1) is 14.6. The van der Waals surface area contributed by atoms with Crippen LogP contribution in [-0.4, -0.2) is 13.0 Å². The fraction of sp³-hybridized carbons (Fsp3) is 0.188. The van der Waals surface area contributed by atoms with Gasteiger partial charge in [0, 0.05) is 10.2 Å². The Morgan fingerprint density at radius 3 is 2.65 bits per heavy atom. The standard InChI is InChI=1S/C16H16BrNO2/c1-10-5-4-6-14(11(10)2)18-16(19)13-8-7-12(17)9-15(13)20-3/h4-9H,1-3H3,(H,18,19). The summed E-state index contributed by atoms with van der Waals surface area (Å²) in [6.07, 6.45) is 0. The van der Waals surface area contributed by atoms with Gasteiger partial charge >= 0.3 is 0 Å². The number of aryl methyl sites for hydroxylation is 1. The van der Waals surface area contributed by atoms with Crippen LogP contribution in [0.3, 0.4) is 0 Å². The van der Waals surface area contributed by atoms with Crippen molar-refractivity contribution in [1.82, 2.24) is 0 Å². The average Bonchev–Trinajstić information content (AvgIpc) is 2.43. The minimum Gasteiger partial charge on any atom is -0.496 e. The van der Waals surface area contributed by atoms with E-state index in [0.717, 1.165) is 21.3 Å². The van der Waals surface area contributed by atoms with Gasteiger partial charge < -0.3 is 10.1 Å². The quantitative estimate of drug-likeness (QED) is 0.907. The van der Waals surface area contributed by atoms with Gasteiger partial charge in [0.15, 0.2) is 0 Å². The molecule has 0 bridgehead atoms. The second kappa shape index (κ2) is 6.09. The number of anilines is 1. The SMILES string of the molecule is COc1cc(Br)ccc1C(=O)Nc1cccc(C)c1C. The highest BCUT2D eigenvalue weighted by atomic mass is 79.9. The molecule has 4 heteroatoms. The largest absolute Gasteiger partial charge is 0.496 e. The van der Waals surface area contributed by atoms with Crippen LogP contribution in [0.1, 0.15) is 21.5 Å². The van der Waals surface area contributed by atoms with Crippen molar-refractivity contribution in [1.29, 1.82) is 0 Å². The Morgan fingerprint density at radius 2 is 1.95 bits per heavy atom. The zero-order chi connectivity index (χ0) is 14.7. The first-order valence-corrected chi connectivity index (χ1v) is 7.03. The lowest BCUT2D eigenvalue weighted by atomic mass is 10.1. The zero-order valence-corrected chi connectivity index (χ0v) is 13.2. The van der Waals surface area contributed by atoms with Gasteiger partial charge in [0.25, 0.3) is 5.91 Å². The summed E-state index contributed by atoms with van der Waals surface area (Å²) < 4.78 is 6.12. The third kappa shape index (κ3) is 3.02. The minimum absolute atomic E-state index is 0.178. The number of ether oxygens (including phenoxy) is 1. The molecule has 0 saturated heterocycles. The average molecular weight is 334 g/mol.